The van der Waals surface area contributed by atoms with Crippen LogP contribution in [0.2, 0.25) is 0 Å². The van der Waals surface area contributed by atoms with Gasteiger partial charge in [0.2, 0.25) is 11.8 Å². The number of hydrogen-bond acceptors (Lipinski definition) is 6. The van der Waals surface area contributed by atoms with E-state index in [0.29, 0.717) is 42.1 Å². The molecule has 0 aliphatic carbocycles. The van der Waals surface area contributed by atoms with Crippen LogP contribution in [0.25, 0.3) is 10.2 Å². The maximum atomic E-state index is 14.1. The lowest BCUT2D eigenvalue weighted by atomic mass is 10.1. The van der Waals surface area contributed by atoms with Crippen LogP contribution in [0.5, 0.6) is 11.5 Å². The Labute approximate surface area is 212 Å². The van der Waals surface area contributed by atoms with Crippen molar-refractivity contribution in [1.29, 1.82) is 0 Å². The van der Waals surface area contributed by atoms with Gasteiger partial charge in [-0.15, -0.1) is 0 Å². The van der Waals surface area contributed by atoms with Crippen LogP contribution in [0, 0.1) is 19.8 Å². The summed E-state index contributed by atoms with van der Waals surface area (Å²) in [6.07, 6.45) is 0.138. The molecular formula is C28H25N3O4S. The highest BCUT2D eigenvalue weighted by Crippen LogP contribution is 2.39. The van der Waals surface area contributed by atoms with E-state index >= 15 is 0 Å². The summed E-state index contributed by atoms with van der Waals surface area (Å²) in [7, 11) is 0. The molecule has 8 heteroatoms. The van der Waals surface area contributed by atoms with Gasteiger partial charge in [-0.05, 0) is 61.4 Å². The Kier molecular flexibility index (Phi) is 5.60. The molecule has 0 N–H and O–H groups in total. The van der Waals surface area contributed by atoms with E-state index in [4.69, 9.17) is 14.5 Å². The van der Waals surface area contributed by atoms with Crippen molar-refractivity contribution in [3.63, 3.8) is 0 Å². The molecule has 0 unspecified atom stereocenters. The lowest BCUT2D eigenvalue weighted by Crippen LogP contribution is -2.34. The predicted molar refractivity (Wildman–Crippen MR) is 141 cm³/mol. The second-order valence-corrected chi connectivity index (χ2v) is 10.2. The fourth-order valence-electron chi connectivity index (χ4n) is 4.87. The number of hydrogen-bond donors (Lipinski definition) is 0. The zero-order valence-corrected chi connectivity index (χ0v) is 20.9. The van der Waals surface area contributed by atoms with E-state index in [-0.39, 0.29) is 18.2 Å². The minimum atomic E-state index is -0.501. The first kappa shape index (κ1) is 22.5. The molecule has 6 rings (SSSR count). The smallest absolute Gasteiger partial charge is 0.238 e. The average molecular weight is 500 g/mol. The number of rotatable bonds is 4. The maximum absolute atomic E-state index is 14.1. The molecule has 1 fully saturated rings. The molecule has 1 saturated heterocycles. The second-order valence-electron chi connectivity index (χ2n) is 9.22. The second kappa shape index (κ2) is 8.95. The molecule has 2 aliphatic rings. The normalized spacial score (nSPS) is 17.0. The third-order valence-electron chi connectivity index (χ3n) is 6.47. The molecule has 4 aromatic rings. The summed E-state index contributed by atoms with van der Waals surface area (Å²) >= 11 is 1.48. The van der Waals surface area contributed by atoms with Crippen LogP contribution in [-0.4, -0.2) is 36.6 Å². The Morgan fingerprint density at radius 1 is 1.00 bits per heavy atom. The van der Waals surface area contributed by atoms with Crippen molar-refractivity contribution in [3.8, 4) is 11.5 Å². The first-order chi connectivity index (χ1) is 17.5. The number of aromatic nitrogens is 1. The molecule has 2 amide bonds. The van der Waals surface area contributed by atoms with Gasteiger partial charge in [0.15, 0.2) is 16.6 Å². The molecule has 3 heterocycles. The van der Waals surface area contributed by atoms with Gasteiger partial charge in [0.25, 0.3) is 0 Å². The molecule has 0 spiro atoms. The Bertz CT molecular complexity index is 1440. The zero-order chi connectivity index (χ0) is 24.8. The van der Waals surface area contributed by atoms with Crippen molar-refractivity contribution < 1.29 is 19.1 Å². The minimum absolute atomic E-state index is 0.0882. The summed E-state index contributed by atoms with van der Waals surface area (Å²) in [6, 6.07) is 19.4. The molecule has 7 nitrogen and oxygen atoms in total. The topological polar surface area (TPSA) is 72.0 Å². The third-order valence-corrected chi connectivity index (χ3v) is 7.49. The van der Waals surface area contributed by atoms with E-state index < -0.39 is 5.92 Å². The van der Waals surface area contributed by atoms with Crippen molar-refractivity contribution in [2.24, 2.45) is 5.92 Å². The monoisotopic (exact) mass is 499 g/mol. The molecule has 0 saturated carbocycles. The van der Waals surface area contributed by atoms with Gasteiger partial charge in [-0.1, -0.05) is 29.5 Å². The average Bonchev–Trinajstić information content (AvgIpc) is 3.46. The summed E-state index contributed by atoms with van der Waals surface area (Å²) < 4.78 is 12.3. The van der Waals surface area contributed by atoms with E-state index in [1.54, 1.807) is 9.80 Å². The number of carbonyl (C=O) groups is 2. The van der Waals surface area contributed by atoms with Gasteiger partial charge >= 0.3 is 0 Å². The highest BCUT2D eigenvalue weighted by Gasteiger charge is 2.39. The van der Waals surface area contributed by atoms with Gasteiger partial charge in [0.1, 0.15) is 13.2 Å². The molecule has 36 heavy (non-hydrogen) atoms. The number of anilines is 3. The SMILES string of the molecule is Cc1cc(C)cc(N(C(=O)[C@H]2CC(=O)N(c3ccc4c(c3)OCCO4)C2)c2nc3ccccc3s2)c1. The number of benzene rings is 3. The van der Waals surface area contributed by atoms with Crippen molar-refractivity contribution in [2.75, 3.05) is 29.6 Å². The van der Waals surface area contributed by atoms with Gasteiger partial charge in [-0.25, -0.2) is 4.98 Å². The van der Waals surface area contributed by atoms with Crippen molar-refractivity contribution in [2.45, 2.75) is 20.3 Å². The fraction of sp³-hybridized carbons (Fsp3) is 0.250. The summed E-state index contributed by atoms with van der Waals surface area (Å²) in [6.45, 7) is 5.30. The summed E-state index contributed by atoms with van der Waals surface area (Å²) in [5.74, 6) is 0.564. The highest BCUT2D eigenvalue weighted by atomic mass is 32.1. The van der Waals surface area contributed by atoms with Crippen LogP contribution in [0.15, 0.2) is 60.7 Å². The summed E-state index contributed by atoms with van der Waals surface area (Å²) in [5, 5.41) is 0.608. The predicted octanol–water partition coefficient (Wildman–Crippen LogP) is 5.40. The number of amides is 2. The van der Waals surface area contributed by atoms with Gasteiger partial charge in [0.05, 0.1) is 21.8 Å². The van der Waals surface area contributed by atoms with Gasteiger partial charge in [-0.2, -0.15) is 0 Å². The Morgan fingerprint density at radius 3 is 2.53 bits per heavy atom. The minimum Gasteiger partial charge on any atom is -0.486 e. The first-order valence-corrected chi connectivity index (χ1v) is 12.8. The summed E-state index contributed by atoms with van der Waals surface area (Å²) in [4.78, 5) is 35.3. The number of thiazole rings is 1. The molecular weight excluding hydrogens is 474 g/mol. The maximum Gasteiger partial charge on any atom is 0.238 e. The van der Waals surface area contributed by atoms with Crippen LogP contribution in [0.4, 0.5) is 16.5 Å². The Balaban J connectivity index is 1.35. The van der Waals surface area contributed by atoms with Crippen molar-refractivity contribution in [1.82, 2.24) is 4.98 Å². The van der Waals surface area contributed by atoms with Crippen molar-refractivity contribution >= 4 is 49.9 Å². The van der Waals surface area contributed by atoms with Gasteiger partial charge in [0, 0.05) is 24.7 Å². The lowest BCUT2D eigenvalue weighted by molar-refractivity contribution is -0.123. The quantitative estimate of drug-likeness (QED) is 0.376. The van der Waals surface area contributed by atoms with Crippen LogP contribution < -0.4 is 19.3 Å². The molecule has 3 aromatic carbocycles. The number of carbonyl (C=O) groups excluding carboxylic acids is 2. The Hall–Kier alpha value is -3.91. The largest absolute Gasteiger partial charge is 0.486 e. The van der Waals surface area contributed by atoms with E-state index in [0.717, 1.165) is 27.0 Å². The molecule has 182 valence electrons. The molecule has 0 radical (unpaired) electrons. The lowest BCUT2D eigenvalue weighted by Gasteiger charge is -2.25. The van der Waals surface area contributed by atoms with Crippen LogP contribution in [-0.2, 0) is 9.59 Å². The van der Waals surface area contributed by atoms with E-state index in [1.807, 2.05) is 68.4 Å². The molecule has 1 atom stereocenters. The highest BCUT2D eigenvalue weighted by molar-refractivity contribution is 7.22. The first-order valence-electron chi connectivity index (χ1n) is 11.9. The van der Waals surface area contributed by atoms with Crippen molar-refractivity contribution in [3.05, 3.63) is 71.8 Å². The molecule has 1 aromatic heterocycles. The standard InChI is InChI=1S/C28H25N3O4S/c1-17-11-18(2)13-21(12-17)31(28-29-22-5-3-4-6-25(22)36-28)27(33)19-14-26(32)30(16-19)20-7-8-23-24(15-20)35-10-9-34-23/h3-8,11-13,15,19H,9-10,14,16H2,1-2H3/t19-/m0/s1. The van der Waals surface area contributed by atoms with Gasteiger partial charge in [-0.3, -0.25) is 14.5 Å². The van der Waals surface area contributed by atoms with Crippen LogP contribution >= 0.6 is 11.3 Å². The molecule has 2 aliphatic heterocycles. The number of nitrogens with zero attached hydrogens (tertiary/aromatic N) is 3. The Morgan fingerprint density at radius 2 is 1.75 bits per heavy atom. The van der Waals surface area contributed by atoms with Gasteiger partial charge < -0.3 is 14.4 Å². The third kappa shape index (κ3) is 4.07. The van der Waals surface area contributed by atoms with Crippen LogP contribution in [0.3, 0.4) is 0 Å². The molecule has 0 bridgehead atoms. The zero-order valence-electron chi connectivity index (χ0n) is 20.1. The number of fused-ring (bicyclic) bond motifs is 2. The number of ether oxygens (including phenoxy) is 2. The fourth-order valence-corrected chi connectivity index (χ4v) is 5.86. The van der Waals surface area contributed by atoms with E-state index in [1.165, 1.54) is 11.3 Å². The summed E-state index contributed by atoms with van der Waals surface area (Å²) in [5.41, 5.74) is 4.44. The van der Waals surface area contributed by atoms with E-state index in [9.17, 15) is 9.59 Å². The number of para-hydroxylation sites is 1. The van der Waals surface area contributed by atoms with Crippen LogP contribution in [0.1, 0.15) is 17.5 Å². The number of aryl methyl sites for hydroxylation is 2. The van der Waals surface area contributed by atoms with E-state index in [2.05, 4.69) is 6.07 Å².